The number of hydrogen-bond acceptors (Lipinski definition) is 2. The first-order valence-corrected chi connectivity index (χ1v) is 4.78. The lowest BCUT2D eigenvalue weighted by Gasteiger charge is -2.10. The number of aryl methyl sites for hydroxylation is 1. The van der Waals surface area contributed by atoms with E-state index in [1.165, 1.54) is 12.1 Å². The van der Waals surface area contributed by atoms with E-state index in [0.717, 1.165) is 5.56 Å². The van der Waals surface area contributed by atoms with E-state index in [9.17, 15) is 9.18 Å². The monoisotopic (exact) mass is 211 g/mol. The van der Waals surface area contributed by atoms with Crippen LogP contribution >= 0.6 is 0 Å². The smallest absolute Gasteiger partial charge is 0.320 e. The lowest BCUT2D eigenvalue weighted by molar-refractivity contribution is -0.139. The van der Waals surface area contributed by atoms with Gasteiger partial charge in [-0.3, -0.25) is 4.79 Å². The van der Waals surface area contributed by atoms with E-state index in [2.05, 4.69) is 5.32 Å². The lowest BCUT2D eigenvalue weighted by Crippen LogP contribution is -2.34. The number of carbonyl (C=O) groups is 1. The number of rotatable bonds is 5. The molecule has 1 atom stereocenters. The molecule has 0 fully saturated rings. The van der Waals surface area contributed by atoms with Crippen molar-refractivity contribution in [3.05, 3.63) is 35.6 Å². The minimum Gasteiger partial charge on any atom is -0.480 e. The zero-order valence-electron chi connectivity index (χ0n) is 8.53. The van der Waals surface area contributed by atoms with E-state index < -0.39 is 12.0 Å². The van der Waals surface area contributed by atoms with Crippen LogP contribution in [0.2, 0.25) is 0 Å². The third kappa shape index (κ3) is 3.67. The zero-order chi connectivity index (χ0) is 11.3. The number of halogens is 1. The second kappa shape index (κ2) is 5.46. The number of carboxylic acid groups (broad SMARTS) is 1. The molecule has 3 nitrogen and oxygen atoms in total. The third-order valence-corrected chi connectivity index (χ3v) is 2.26. The van der Waals surface area contributed by atoms with Crippen LogP contribution in [0.1, 0.15) is 12.0 Å². The summed E-state index contributed by atoms with van der Waals surface area (Å²) in [7, 11) is 1.60. The molecule has 4 heteroatoms. The molecule has 0 amide bonds. The first-order valence-electron chi connectivity index (χ1n) is 4.78. The highest BCUT2D eigenvalue weighted by Gasteiger charge is 2.14. The van der Waals surface area contributed by atoms with Gasteiger partial charge in [0.15, 0.2) is 0 Å². The maximum Gasteiger partial charge on any atom is 0.320 e. The molecular formula is C11H14FNO2. The van der Waals surface area contributed by atoms with Crippen LogP contribution in [0.4, 0.5) is 4.39 Å². The Morgan fingerprint density at radius 2 is 2.33 bits per heavy atom. The Morgan fingerprint density at radius 1 is 1.60 bits per heavy atom. The van der Waals surface area contributed by atoms with E-state index >= 15 is 0 Å². The summed E-state index contributed by atoms with van der Waals surface area (Å²) < 4.78 is 12.8. The molecule has 2 N–H and O–H groups in total. The summed E-state index contributed by atoms with van der Waals surface area (Å²) in [6.07, 6.45) is 1.00. The van der Waals surface area contributed by atoms with Gasteiger partial charge in [0.25, 0.3) is 0 Å². The molecule has 0 aliphatic heterocycles. The van der Waals surface area contributed by atoms with Crippen molar-refractivity contribution in [3.63, 3.8) is 0 Å². The molecule has 0 bridgehead atoms. The second-order valence-electron chi connectivity index (χ2n) is 3.35. The fourth-order valence-electron chi connectivity index (χ4n) is 1.39. The normalized spacial score (nSPS) is 12.4. The van der Waals surface area contributed by atoms with Gasteiger partial charge in [-0.25, -0.2) is 4.39 Å². The Hall–Kier alpha value is -1.42. The Balaban J connectivity index is 2.52. The molecule has 0 aliphatic carbocycles. The van der Waals surface area contributed by atoms with Gasteiger partial charge in [-0.15, -0.1) is 0 Å². The highest BCUT2D eigenvalue weighted by atomic mass is 19.1. The molecule has 0 saturated heterocycles. The summed E-state index contributed by atoms with van der Waals surface area (Å²) in [4.78, 5) is 10.7. The van der Waals surface area contributed by atoms with Crippen molar-refractivity contribution < 1.29 is 14.3 Å². The van der Waals surface area contributed by atoms with Gasteiger partial charge in [-0.05, 0) is 37.6 Å². The predicted molar refractivity (Wildman–Crippen MR) is 55.2 cm³/mol. The molecule has 15 heavy (non-hydrogen) atoms. The van der Waals surface area contributed by atoms with Crippen LogP contribution in [-0.2, 0) is 11.2 Å². The van der Waals surface area contributed by atoms with E-state index in [0.29, 0.717) is 12.8 Å². The molecule has 0 radical (unpaired) electrons. The number of hydrogen-bond donors (Lipinski definition) is 2. The summed E-state index contributed by atoms with van der Waals surface area (Å²) in [6.45, 7) is 0. The molecule has 82 valence electrons. The van der Waals surface area contributed by atoms with Crippen molar-refractivity contribution in [1.29, 1.82) is 0 Å². The molecule has 0 unspecified atom stereocenters. The molecule has 0 heterocycles. The SMILES string of the molecule is CN[C@@H](CCc1cccc(F)c1)C(=O)O. The largest absolute Gasteiger partial charge is 0.480 e. The fourth-order valence-corrected chi connectivity index (χ4v) is 1.39. The number of benzene rings is 1. The Labute approximate surface area is 87.9 Å². The average molecular weight is 211 g/mol. The van der Waals surface area contributed by atoms with Crippen molar-refractivity contribution in [3.8, 4) is 0 Å². The quantitative estimate of drug-likeness (QED) is 0.774. The van der Waals surface area contributed by atoms with Crippen molar-refractivity contribution in [2.24, 2.45) is 0 Å². The van der Waals surface area contributed by atoms with Crippen LogP contribution in [0.3, 0.4) is 0 Å². The summed E-state index contributed by atoms with van der Waals surface area (Å²) in [5.74, 6) is -1.17. The Morgan fingerprint density at radius 3 is 2.87 bits per heavy atom. The zero-order valence-corrected chi connectivity index (χ0v) is 8.53. The van der Waals surface area contributed by atoms with E-state index in [4.69, 9.17) is 5.11 Å². The predicted octanol–water partition coefficient (Wildman–Crippen LogP) is 1.43. The van der Waals surface area contributed by atoms with Crippen molar-refractivity contribution >= 4 is 5.97 Å². The second-order valence-corrected chi connectivity index (χ2v) is 3.35. The van der Waals surface area contributed by atoms with Gasteiger partial charge in [-0.2, -0.15) is 0 Å². The van der Waals surface area contributed by atoms with Crippen LogP contribution in [0.25, 0.3) is 0 Å². The van der Waals surface area contributed by atoms with Crippen LogP contribution < -0.4 is 5.32 Å². The Kier molecular flexibility index (Phi) is 4.24. The Bertz CT molecular complexity index is 341. The standard InChI is InChI=1S/C11H14FNO2/c1-13-10(11(14)15)6-5-8-3-2-4-9(12)7-8/h2-4,7,10,13H,5-6H2,1H3,(H,14,15)/t10-/m0/s1. The van der Waals surface area contributed by atoms with Crippen LogP contribution in [-0.4, -0.2) is 24.2 Å². The third-order valence-electron chi connectivity index (χ3n) is 2.26. The van der Waals surface area contributed by atoms with Gasteiger partial charge in [0, 0.05) is 0 Å². The first kappa shape index (κ1) is 11.7. The number of nitrogens with one attached hydrogen (secondary N) is 1. The topological polar surface area (TPSA) is 49.3 Å². The van der Waals surface area contributed by atoms with Crippen molar-refractivity contribution in [2.45, 2.75) is 18.9 Å². The molecule has 0 aromatic heterocycles. The number of carboxylic acids is 1. The van der Waals surface area contributed by atoms with Crippen LogP contribution in [0.5, 0.6) is 0 Å². The molecule has 1 aromatic rings. The number of aliphatic carboxylic acids is 1. The molecule has 0 spiro atoms. The molecule has 0 aliphatic rings. The van der Waals surface area contributed by atoms with Crippen LogP contribution in [0, 0.1) is 5.82 Å². The van der Waals surface area contributed by atoms with Gasteiger partial charge in [-0.1, -0.05) is 12.1 Å². The first-order chi connectivity index (χ1) is 7.13. The summed E-state index contributed by atoms with van der Waals surface area (Å²) in [5, 5.41) is 11.5. The van der Waals surface area contributed by atoms with Gasteiger partial charge >= 0.3 is 5.97 Å². The van der Waals surface area contributed by atoms with Gasteiger partial charge < -0.3 is 10.4 Å². The van der Waals surface area contributed by atoms with Crippen molar-refractivity contribution in [1.82, 2.24) is 5.32 Å². The summed E-state index contributed by atoms with van der Waals surface area (Å²) in [6, 6.07) is 5.63. The van der Waals surface area contributed by atoms with E-state index in [1.807, 2.05) is 0 Å². The lowest BCUT2D eigenvalue weighted by atomic mass is 10.1. The van der Waals surface area contributed by atoms with Crippen molar-refractivity contribution in [2.75, 3.05) is 7.05 Å². The molecular weight excluding hydrogens is 197 g/mol. The minimum atomic E-state index is -0.881. The van der Waals surface area contributed by atoms with Gasteiger partial charge in [0.05, 0.1) is 0 Å². The van der Waals surface area contributed by atoms with Gasteiger partial charge in [0.1, 0.15) is 11.9 Å². The highest BCUT2D eigenvalue weighted by Crippen LogP contribution is 2.07. The van der Waals surface area contributed by atoms with E-state index in [1.54, 1.807) is 19.2 Å². The molecule has 0 saturated carbocycles. The fraction of sp³-hybridized carbons (Fsp3) is 0.364. The maximum atomic E-state index is 12.8. The highest BCUT2D eigenvalue weighted by molar-refractivity contribution is 5.73. The molecule has 1 rings (SSSR count). The number of likely N-dealkylation sites (N-methyl/N-ethyl adjacent to an activating group) is 1. The maximum absolute atomic E-state index is 12.8. The van der Waals surface area contributed by atoms with Gasteiger partial charge in [0.2, 0.25) is 0 Å². The summed E-state index contributed by atoms with van der Waals surface area (Å²) >= 11 is 0. The average Bonchev–Trinajstić information content (AvgIpc) is 2.18. The van der Waals surface area contributed by atoms with E-state index in [-0.39, 0.29) is 5.82 Å². The summed E-state index contributed by atoms with van der Waals surface area (Å²) in [5.41, 5.74) is 0.816. The molecule has 1 aromatic carbocycles. The van der Waals surface area contributed by atoms with Crippen LogP contribution in [0.15, 0.2) is 24.3 Å². The minimum absolute atomic E-state index is 0.288.